The van der Waals surface area contributed by atoms with Crippen LogP contribution in [0.5, 0.6) is 0 Å². The van der Waals surface area contributed by atoms with E-state index in [1.54, 1.807) is 0 Å². The maximum atomic E-state index is 12.2. The molecule has 1 aliphatic carbocycles. The number of ketones is 1. The molecule has 86 valence electrons. The summed E-state index contributed by atoms with van der Waals surface area (Å²) in [6.07, 6.45) is 5.45. The number of rotatable bonds is 1. The van der Waals surface area contributed by atoms with Crippen LogP contribution in [0.25, 0.3) is 0 Å². The van der Waals surface area contributed by atoms with Gasteiger partial charge in [-0.1, -0.05) is 27.2 Å². The van der Waals surface area contributed by atoms with Gasteiger partial charge in [-0.2, -0.15) is 0 Å². The highest BCUT2D eigenvalue weighted by molar-refractivity contribution is 5.90. The molecule has 2 nitrogen and oxygen atoms in total. The number of likely N-dealkylation sites (N-methyl/N-ethyl adjacent to an activating group) is 1. The molecule has 1 saturated heterocycles. The summed E-state index contributed by atoms with van der Waals surface area (Å²) in [5, 5.41) is 0. The first-order chi connectivity index (χ1) is 7.00. The van der Waals surface area contributed by atoms with Crippen LogP contribution in [0.15, 0.2) is 0 Å². The second-order valence-electron chi connectivity index (χ2n) is 5.98. The highest BCUT2D eigenvalue weighted by Gasteiger charge is 2.51. The Morgan fingerprint density at radius 3 is 2.67 bits per heavy atom. The Morgan fingerprint density at radius 1 is 1.33 bits per heavy atom. The smallest absolute Gasteiger partial charge is 0.154 e. The zero-order valence-corrected chi connectivity index (χ0v) is 10.3. The van der Waals surface area contributed by atoms with Crippen LogP contribution in [-0.4, -0.2) is 29.3 Å². The standard InChI is InChI=1S/C13H23NO/c1-4-14-9-6-11(15)13(14)8-5-7-12(2,3)10-13/h4-10H2,1-3H3. The van der Waals surface area contributed by atoms with Crippen molar-refractivity contribution in [3.05, 3.63) is 0 Å². The molecule has 2 rings (SSSR count). The number of Topliss-reactive ketones (excluding diaryl/α,β-unsaturated/α-hetero) is 1. The van der Waals surface area contributed by atoms with Crippen LogP contribution in [0, 0.1) is 5.41 Å². The molecule has 0 aromatic heterocycles. The van der Waals surface area contributed by atoms with Crippen molar-refractivity contribution in [1.82, 2.24) is 4.90 Å². The van der Waals surface area contributed by atoms with Crippen molar-refractivity contribution in [2.24, 2.45) is 5.41 Å². The van der Waals surface area contributed by atoms with Crippen molar-refractivity contribution >= 4 is 5.78 Å². The predicted octanol–water partition coefficient (Wildman–Crippen LogP) is 2.62. The number of likely N-dealkylation sites (tertiary alicyclic amines) is 1. The van der Waals surface area contributed by atoms with Gasteiger partial charge in [-0.3, -0.25) is 9.69 Å². The highest BCUT2D eigenvalue weighted by atomic mass is 16.1. The summed E-state index contributed by atoms with van der Waals surface area (Å²) in [6.45, 7) is 8.83. The van der Waals surface area contributed by atoms with Crippen molar-refractivity contribution in [1.29, 1.82) is 0 Å². The summed E-state index contributed by atoms with van der Waals surface area (Å²) in [7, 11) is 0. The Balaban J connectivity index is 2.26. The molecule has 2 aliphatic rings. The lowest BCUT2D eigenvalue weighted by molar-refractivity contribution is -0.129. The largest absolute Gasteiger partial charge is 0.298 e. The van der Waals surface area contributed by atoms with Crippen LogP contribution in [-0.2, 0) is 4.79 Å². The molecule has 1 heterocycles. The van der Waals surface area contributed by atoms with E-state index in [0.717, 1.165) is 32.4 Å². The molecular weight excluding hydrogens is 186 g/mol. The van der Waals surface area contributed by atoms with E-state index in [-0.39, 0.29) is 5.54 Å². The molecular formula is C13H23NO. The number of hydrogen-bond acceptors (Lipinski definition) is 2. The molecule has 0 radical (unpaired) electrons. The van der Waals surface area contributed by atoms with Crippen LogP contribution in [0.1, 0.15) is 52.9 Å². The Hall–Kier alpha value is -0.370. The molecule has 0 N–H and O–H groups in total. The molecule has 1 unspecified atom stereocenters. The first-order valence-electron chi connectivity index (χ1n) is 6.29. The van der Waals surface area contributed by atoms with Gasteiger partial charge in [-0.25, -0.2) is 0 Å². The van der Waals surface area contributed by atoms with Crippen LogP contribution < -0.4 is 0 Å². The van der Waals surface area contributed by atoms with Gasteiger partial charge in [0.25, 0.3) is 0 Å². The van der Waals surface area contributed by atoms with Gasteiger partial charge in [0.05, 0.1) is 5.54 Å². The molecule has 0 amide bonds. The number of nitrogens with zero attached hydrogens (tertiary/aromatic N) is 1. The Bertz CT molecular complexity index is 272. The first-order valence-corrected chi connectivity index (χ1v) is 6.29. The minimum Gasteiger partial charge on any atom is -0.298 e. The lowest BCUT2D eigenvalue weighted by atomic mass is 9.66. The third kappa shape index (κ3) is 1.73. The number of hydrogen-bond donors (Lipinski definition) is 0. The van der Waals surface area contributed by atoms with E-state index in [1.807, 2.05) is 0 Å². The average Bonchev–Trinajstić information content (AvgIpc) is 2.42. The van der Waals surface area contributed by atoms with E-state index in [4.69, 9.17) is 0 Å². The van der Waals surface area contributed by atoms with Gasteiger partial charge < -0.3 is 0 Å². The molecule has 0 aromatic carbocycles. The zero-order chi connectivity index (χ0) is 11.1. The second kappa shape index (κ2) is 3.58. The lowest BCUT2D eigenvalue weighted by Crippen LogP contribution is -2.53. The topological polar surface area (TPSA) is 20.3 Å². The van der Waals surface area contributed by atoms with Gasteiger partial charge in [-0.15, -0.1) is 0 Å². The van der Waals surface area contributed by atoms with E-state index in [1.165, 1.54) is 12.8 Å². The summed E-state index contributed by atoms with van der Waals surface area (Å²) in [6, 6.07) is 0. The SMILES string of the molecule is CCN1CCC(=O)C12CCCC(C)(C)C2. The maximum absolute atomic E-state index is 12.2. The lowest BCUT2D eigenvalue weighted by Gasteiger charge is -2.46. The Morgan fingerprint density at radius 2 is 2.07 bits per heavy atom. The van der Waals surface area contributed by atoms with Crippen molar-refractivity contribution in [3.63, 3.8) is 0 Å². The molecule has 1 spiro atoms. The van der Waals surface area contributed by atoms with Gasteiger partial charge in [0.1, 0.15) is 0 Å². The zero-order valence-electron chi connectivity index (χ0n) is 10.3. The highest BCUT2D eigenvalue weighted by Crippen LogP contribution is 2.47. The Kier molecular flexibility index (Phi) is 2.66. The molecule has 1 aliphatic heterocycles. The Labute approximate surface area is 93.0 Å². The van der Waals surface area contributed by atoms with Crippen LogP contribution in [0.4, 0.5) is 0 Å². The summed E-state index contributed by atoms with van der Waals surface area (Å²) in [5.74, 6) is 0.511. The minimum absolute atomic E-state index is 0.0729. The predicted molar refractivity (Wildman–Crippen MR) is 61.9 cm³/mol. The quantitative estimate of drug-likeness (QED) is 0.661. The van der Waals surface area contributed by atoms with Crippen LogP contribution in [0.3, 0.4) is 0 Å². The summed E-state index contributed by atoms with van der Waals surface area (Å²) >= 11 is 0. The van der Waals surface area contributed by atoms with Crippen molar-refractivity contribution in [2.45, 2.75) is 58.4 Å². The van der Waals surface area contributed by atoms with E-state index in [9.17, 15) is 4.79 Å². The summed E-state index contributed by atoms with van der Waals surface area (Å²) in [4.78, 5) is 14.6. The number of carbonyl (C=O) groups excluding carboxylic acids is 1. The molecule has 0 bridgehead atoms. The van der Waals surface area contributed by atoms with Crippen molar-refractivity contribution in [2.75, 3.05) is 13.1 Å². The third-order valence-electron chi connectivity index (χ3n) is 4.33. The van der Waals surface area contributed by atoms with Gasteiger partial charge in [0, 0.05) is 13.0 Å². The normalized spacial score (nSPS) is 36.3. The van der Waals surface area contributed by atoms with Crippen LogP contribution in [0.2, 0.25) is 0 Å². The molecule has 2 heteroatoms. The monoisotopic (exact) mass is 209 g/mol. The van der Waals surface area contributed by atoms with E-state index in [0.29, 0.717) is 11.2 Å². The second-order valence-corrected chi connectivity index (χ2v) is 5.98. The summed E-state index contributed by atoms with van der Waals surface area (Å²) < 4.78 is 0. The van der Waals surface area contributed by atoms with Gasteiger partial charge in [0.2, 0.25) is 0 Å². The van der Waals surface area contributed by atoms with Crippen molar-refractivity contribution < 1.29 is 4.79 Å². The molecule has 2 fully saturated rings. The van der Waals surface area contributed by atoms with Crippen molar-refractivity contribution in [3.8, 4) is 0 Å². The average molecular weight is 209 g/mol. The first kappa shape index (κ1) is 11.1. The van der Waals surface area contributed by atoms with Gasteiger partial charge >= 0.3 is 0 Å². The molecule has 1 atom stereocenters. The minimum atomic E-state index is -0.0729. The fraction of sp³-hybridized carbons (Fsp3) is 0.923. The maximum Gasteiger partial charge on any atom is 0.154 e. The molecule has 1 saturated carbocycles. The summed E-state index contributed by atoms with van der Waals surface area (Å²) in [5.41, 5.74) is 0.280. The van der Waals surface area contributed by atoms with E-state index < -0.39 is 0 Å². The number of carbonyl (C=O) groups is 1. The fourth-order valence-electron chi connectivity index (χ4n) is 3.66. The van der Waals surface area contributed by atoms with Crippen LogP contribution >= 0.6 is 0 Å². The fourth-order valence-corrected chi connectivity index (χ4v) is 3.66. The van der Waals surface area contributed by atoms with E-state index in [2.05, 4.69) is 25.7 Å². The van der Waals surface area contributed by atoms with E-state index >= 15 is 0 Å². The molecule has 0 aromatic rings. The molecule has 15 heavy (non-hydrogen) atoms. The van der Waals surface area contributed by atoms with Gasteiger partial charge in [0.15, 0.2) is 5.78 Å². The van der Waals surface area contributed by atoms with Gasteiger partial charge in [-0.05, 0) is 31.2 Å². The third-order valence-corrected chi connectivity index (χ3v) is 4.33.